The smallest absolute Gasteiger partial charge is 0.128 e. The van der Waals surface area contributed by atoms with Crippen LogP contribution in [0.2, 0.25) is 0 Å². The summed E-state index contributed by atoms with van der Waals surface area (Å²) in [7, 11) is 2.13. The third-order valence-electron chi connectivity index (χ3n) is 3.64. The topological polar surface area (TPSA) is 16.1 Å². The predicted octanol–water partition coefficient (Wildman–Crippen LogP) is 5.05. The van der Waals surface area contributed by atoms with Crippen LogP contribution in [0.15, 0.2) is 24.4 Å². The second-order valence-corrected chi connectivity index (χ2v) is 5.44. The molecule has 1 aromatic rings. The lowest BCUT2D eigenvalue weighted by Crippen LogP contribution is -2.19. The van der Waals surface area contributed by atoms with Crippen LogP contribution in [-0.4, -0.2) is 18.6 Å². The van der Waals surface area contributed by atoms with Gasteiger partial charge in [0, 0.05) is 19.8 Å². The Hall–Kier alpha value is -1.05. The molecule has 0 fully saturated rings. The molecule has 0 aliphatic carbocycles. The number of anilines is 1. The van der Waals surface area contributed by atoms with E-state index in [-0.39, 0.29) is 0 Å². The maximum atomic E-state index is 4.36. The Morgan fingerprint density at radius 1 is 0.895 bits per heavy atom. The average molecular weight is 262 g/mol. The van der Waals surface area contributed by atoms with E-state index >= 15 is 0 Å². The van der Waals surface area contributed by atoms with E-state index in [1.165, 1.54) is 57.8 Å². The van der Waals surface area contributed by atoms with Crippen molar-refractivity contribution in [3.05, 3.63) is 24.4 Å². The summed E-state index contributed by atoms with van der Waals surface area (Å²) in [5.74, 6) is 1.09. The fraction of sp³-hybridized carbons (Fsp3) is 0.706. The van der Waals surface area contributed by atoms with E-state index in [9.17, 15) is 0 Å². The van der Waals surface area contributed by atoms with Crippen molar-refractivity contribution in [1.82, 2.24) is 4.98 Å². The highest BCUT2D eigenvalue weighted by atomic mass is 15.2. The van der Waals surface area contributed by atoms with Crippen LogP contribution in [0.25, 0.3) is 0 Å². The zero-order valence-electron chi connectivity index (χ0n) is 12.8. The van der Waals surface area contributed by atoms with Crippen LogP contribution in [0, 0.1) is 0 Å². The fourth-order valence-corrected chi connectivity index (χ4v) is 2.35. The normalized spacial score (nSPS) is 10.6. The second-order valence-electron chi connectivity index (χ2n) is 5.44. The number of aromatic nitrogens is 1. The maximum absolute atomic E-state index is 4.36. The predicted molar refractivity (Wildman–Crippen MR) is 84.7 cm³/mol. The third kappa shape index (κ3) is 7.86. The molecule has 0 bridgehead atoms. The van der Waals surface area contributed by atoms with Gasteiger partial charge in [0.05, 0.1) is 0 Å². The maximum Gasteiger partial charge on any atom is 0.128 e. The lowest BCUT2D eigenvalue weighted by atomic mass is 10.1. The minimum absolute atomic E-state index is 1.09. The van der Waals surface area contributed by atoms with Crippen LogP contribution < -0.4 is 4.90 Å². The minimum atomic E-state index is 1.09. The standard InChI is InChI=1S/C17H30N2/c1-3-4-5-6-7-8-9-10-13-16-19(2)17-14-11-12-15-18-17/h11-12,14-15H,3-10,13,16H2,1-2H3. The molecule has 0 N–H and O–H groups in total. The van der Waals surface area contributed by atoms with Crippen LogP contribution in [0.4, 0.5) is 5.82 Å². The van der Waals surface area contributed by atoms with Crippen LogP contribution in [0.3, 0.4) is 0 Å². The van der Waals surface area contributed by atoms with Gasteiger partial charge in [-0.05, 0) is 18.6 Å². The highest BCUT2D eigenvalue weighted by Crippen LogP contribution is 2.11. The van der Waals surface area contributed by atoms with Crippen molar-refractivity contribution in [2.24, 2.45) is 0 Å². The molecule has 0 saturated heterocycles. The highest BCUT2D eigenvalue weighted by molar-refractivity contribution is 5.35. The van der Waals surface area contributed by atoms with Crippen LogP contribution in [0.1, 0.15) is 64.7 Å². The molecule has 2 heteroatoms. The summed E-state index contributed by atoms with van der Waals surface area (Å²) in [6.45, 7) is 3.39. The number of rotatable bonds is 11. The number of hydrogen-bond acceptors (Lipinski definition) is 2. The largest absolute Gasteiger partial charge is 0.360 e. The first kappa shape index (κ1) is 16.0. The Balaban J connectivity index is 1.93. The Morgan fingerprint density at radius 3 is 2.11 bits per heavy atom. The van der Waals surface area contributed by atoms with Crippen molar-refractivity contribution < 1.29 is 0 Å². The lowest BCUT2D eigenvalue weighted by molar-refractivity contribution is 0.564. The van der Waals surface area contributed by atoms with Crippen LogP contribution in [0.5, 0.6) is 0 Å². The molecule has 2 nitrogen and oxygen atoms in total. The molecule has 0 radical (unpaired) electrons. The summed E-state index contributed by atoms with van der Waals surface area (Å²) < 4.78 is 0. The zero-order valence-corrected chi connectivity index (χ0v) is 12.8. The van der Waals surface area contributed by atoms with Gasteiger partial charge in [-0.15, -0.1) is 0 Å². The molecule has 0 amide bonds. The minimum Gasteiger partial charge on any atom is -0.360 e. The van der Waals surface area contributed by atoms with Gasteiger partial charge in [-0.1, -0.05) is 64.4 Å². The van der Waals surface area contributed by atoms with Gasteiger partial charge in [-0.25, -0.2) is 4.98 Å². The van der Waals surface area contributed by atoms with E-state index in [1.54, 1.807) is 0 Å². The first-order valence-electron chi connectivity index (χ1n) is 7.96. The van der Waals surface area contributed by atoms with Crippen molar-refractivity contribution in [1.29, 1.82) is 0 Å². The Labute approximate surface area is 119 Å². The van der Waals surface area contributed by atoms with Crippen molar-refractivity contribution in [2.45, 2.75) is 64.7 Å². The third-order valence-corrected chi connectivity index (χ3v) is 3.64. The molecule has 0 saturated carbocycles. The van der Waals surface area contributed by atoms with Crippen LogP contribution in [-0.2, 0) is 0 Å². The highest BCUT2D eigenvalue weighted by Gasteiger charge is 2.00. The second kappa shape index (κ2) is 10.8. The van der Waals surface area contributed by atoms with Gasteiger partial charge in [0.25, 0.3) is 0 Å². The number of hydrogen-bond donors (Lipinski definition) is 0. The van der Waals surface area contributed by atoms with E-state index in [4.69, 9.17) is 0 Å². The van der Waals surface area contributed by atoms with Gasteiger partial charge >= 0.3 is 0 Å². The van der Waals surface area contributed by atoms with Gasteiger partial charge in [0.2, 0.25) is 0 Å². The fourth-order valence-electron chi connectivity index (χ4n) is 2.35. The molecule has 0 aromatic carbocycles. The van der Waals surface area contributed by atoms with Crippen molar-refractivity contribution in [3.63, 3.8) is 0 Å². The van der Waals surface area contributed by atoms with E-state index in [0.29, 0.717) is 0 Å². The molecule has 1 rings (SSSR count). The molecule has 0 spiro atoms. The Morgan fingerprint density at radius 2 is 1.53 bits per heavy atom. The van der Waals surface area contributed by atoms with Crippen molar-refractivity contribution in [3.8, 4) is 0 Å². The first-order valence-corrected chi connectivity index (χ1v) is 7.96. The van der Waals surface area contributed by atoms with Gasteiger partial charge < -0.3 is 4.90 Å². The molecule has 0 aliphatic heterocycles. The summed E-state index contributed by atoms with van der Waals surface area (Å²) in [4.78, 5) is 6.61. The molecule has 0 unspecified atom stereocenters. The Bertz CT molecular complexity index is 297. The molecule has 1 heterocycles. The van der Waals surface area contributed by atoms with Gasteiger partial charge in [-0.2, -0.15) is 0 Å². The summed E-state index contributed by atoms with van der Waals surface area (Å²) in [5.41, 5.74) is 0. The van der Waals surface area contributed by atoms with Gasteiger partial charge in [0.15, 0.2) is 0 Å². The summed E-state index contributed by atoms with van der Waals surface area (Å²) >= 11 is 0. The van der Waals surface area contributed by atoms with E-state index in [1.807, 2.05) is 12.3 Å². The molecule has 0 atom stereocenters. The number of pyridine rings is 1. The lowest BCUT2D eigenvalue weighted by Gasteiger charge is -2.17. The summed E-state index contributed by atoms with van der Waals surface area (Å²) in [6, 6.07) is 6.10. The van der Waals surface area contributed by atoms with Crippen LogP contribution >= 0.6 is 0 Å². The van der Waals surface area contributed by atoms with Gasteiger partial charge in [-0.3, -0.25) is 0 Å². The van der Waals surface area contributed by atoms with E-state index in [2.05, 4.69) is 36.0 Å². The quantitative estimate of drug-likeness (QED) is 0.519. The number of nitrogens with zero attached hydrogens (tertiary/aromatic N) is 2. The average Bonchev–Trinajstić information content (AvgIpc) is 2.46. The van der Waals surface area contributed by atoms with Crippen molar-refractivity contribution in [2.75, 3.05) is 18.5 Å². The molecular formula is C17H30N2. The van der Waals surface area contributed by atoms with E-state index in [0.717, 1.165) is 12.4 Å². The summed E-state index contributed by atoms with van der Waals surface area (Å²) in [5, 5.41) is 0. The Kier molecular flexibility index (Phi) is 9.13. The molecule has 19 heavy (non-hydrogen) atoms. The summed E-state index contributed by atoms with van der Waals surface area (Å²) in [6.07, 6.45) is 14.3. The molecule has 108 valence electrons. The van der Waals surface area contributed by atoms with E-state index < -0.39 is 0 Å². The SMILES string of the molecule is CCCCCCCCCCCN(C)c1ccccn1. The molecule has 0 aliphatic rings. The molecular weight excluding hydrogens is 232 g/mol. The first-order chi connectivity index (χ1) is 9.34. The molecule has 1 aromatic heterocycles. The van der Waals surface area contributed by atoms with Gasteiger partial charge in [0.1, 0.15) is 5.82 Å². The van der Waals surface area contributed by atoms with Crippen molar-refractivity contribution >= 4 is 5.82 Å². The number of unbranched alkanes of at least 4 members (excludes halogenated alkanes) is 8. The monoisotopic (exact) mass is 262 g/mol. The zero-order chi connectivity index (χ0) is 13.8.